The van der Waals surface area contributed by atoms with Crippen molar-refractivity contribution in [3.8, 4) is 0 Å². The average Bonchev–Trinajstić information content (AvgIpc) is 3.43. The third-order valence-electron chi connectivity index (χ3n) is 13.5. The maximum Gasteiger partial charge on any atom is 0.306 e. The molecule has 1 aromatic carbocycles. The van der Waals surface area contributed by atoms with Gasteiger partial charge in [0.15, 0.2) is 23.7 Å². The number of alkyl halides is 2. The minimum atomic E-state index is -2.29. The number of unbranched alkanes of at least 4 members (excludes halogenated alkanes) is 12. The van der Waals surface area contributed by atoms with Gasteiger partial charge in [0.25, 0.3) is 0 Å². The summed E-state index contributed by atoms with van der Waals surface area (Å²) in [5, 5.41) is 13.9. The number of carbonyl (C=O) groups is 3. The van der Waals surface area contributed by atoms with Gasteiger partial charge in [-0.05, 0) is 86.9 Å². The van der Waals surface area contributed by atoms with Crippen LogP contribution in [0, 0.1) is 22.7 Å². The number of halogens is 3. The van der Waals surface area contributed by atoms with Gasteiger partial charge in [-0.1, -0.05) is 109 Å². The molecule has 1 aromatic rings. The van der Waals surface area contributed by atoms with E-state index in [2.05, 4.69) is 6.92 Å². The van der Waals surface area contributed by atoms with Gasteiger partial charge in [0, 0.05) is 35.2 Å². The largest absolute Gasteiger partial charge is 0.458 e. The fourth-order valence-corrected chi connectivity index (χ4v) is 10.5. The summed E-state index contributed by atoms with van der Waals surface area (Å²) in [6.45, 7) is 5.08. The molecule has 300 valence electrons. The summed E-state index contributed by atoms with van der Waals surface area (Å²) in [5.41, 5.74) is -5.95. The van der Waals surface area contributed by atoms with Crippen molar-refractivity contribution in [1.29, 1.82) is 0 Å². The Labute approximate surface area is 326 Å². The van der Waals surface area contributed by atoms with Gasteiger partial charge in [0.1, 0.15) is 6.17 Å². The van der Waals surface area contributed by atoms with Crippen molar-refractivity contribution in [1.82, 2.24) is 0 Å². The molecular formula is C44H62ClF2NO6. The van der Waals surface area contributed by atoms with Gasteiger partial charge in [0.05, 0.1) is 11.8 Å². The molecule has 0 bridgehead atoms. The third kappa shape index (κ3) is 8.39. The average molecular weight is 774 g/mol. The van der Waals surface area contributed by atoms with Crippen LogP contribution in [0.4, 0.5) is 14.5 Å². The van der Waals surface area contributed by atoms with E-state index < -0.39 is 70.4 Å². The first kappa shape index (κ1) is 42.5. The number of ketones is 2. The minimum absolute atomic E-state index is 0.0471. The maximum atomic E-state index is 17.8. The Hall–Kier alpha value is -2.62. The lowest BCUT2D eigenvalue weighted by Crippen LogP contribution is -2.71. The number of rotatable bonds is 20. The highest BCUT2D eigenvalue weighted by molar-refractivity contribution is 6.30. The first-order valence-electron chi connectivity index (χ1n) is 20.6. The number of Topliss-reactive ketones (excluding diaryl/α,β-unsaturated/α-hetero) is 1. The molecule has 8 atom stereocenters. The summed E-state index contributed by atoms with van der Waals surface area (Å²) in [5.74, 6) is -2.88. The van der Waals surface area contributed by atoms with E-state index in [0.29, 0.717) is 23.6 Å². The van der Waals surface area contributed by atoms with Crippen LogP contribution in [-0.4, -0.2) is 59.8 Å². The molecule has 4 aliphatic rings. The maximum absolute atomic E-state index is 17.8. The second kappa shape index (κ2) is 18.1. The van der Waals surface area contributed by atoms with E-state index in [-0.39, 0.29) is 31.3 Å². The van der Waals surface area contributed by atoms with Crippen molar-refractivity contribution in [3.63, 3.8) is 0 Å². The third-order valence-corrected chi connectivity index (χ3v) is 13.8. The number of hydrogen-bond acceptors (Lipinski definition) is 7. The van der Waals surface area contributed by atoms with Crippen LogP contribution < -0.4 is 5.06 Å². The Bertz CT molecular complexity index is 1530. The number of fused-ring (bicyclic) bond motifs is 5. The van der Waals surface area contributed by atoms with Crippen LogP contribution in [0.15, 0.2) is 48.1 Å². The number of allylic oxidation sites excluding steroid dienone is 4. The van der Waals surface area contributed by atoms with Crippen LogP contribution in [0.3, 0.4) is 0 Å². The highest BCUT2D eigenvalue weighted by Crippen LogP contribution is 2.70. The lowest BCUT2D eigenvalue weighted by atomic mass is 9.44. The fourth-order valence-electron chi connectivity index (χ4n) is 10.4. The van der Waals surface area contributed by atoms with Gasteiger partial charge >= 0.3 is 5.97 Å². The number of hydroxylamine groups is 1. The quantitative estimate of drug-likeness (QED) is 0.0801. The number of carbonyl (C=O) groups excluding carboxylic acids is 3. The molecule has 0 saturated heterocycles. The Morgan fingerprint density at radius 2 is 1.54 bits per heavy atom. The van der Waals surface area contributed by atoms with Crippen LogP contribution in [0.5, 0.6) is 0 Å². The molecule has 1 N–H and O–H groups in total. The van der Waals surface area contributed by atoms with E-state index in [1.54, 1.807) is 38.2 Å². The van der Waals surface area contributed by atoms with Crippen LogP contribution >= 0.6 is 11.6 Å². The standard InChI is InChI=1S/C44H62ClF2NO6/c1-5-6-7-8-9-10-11-12-13-14-15-16-17-18-40(52)53-30-39(51)43(54-48(4)32-21-19-31(45)20-22-32)26-24-34-35-28-37(46)36-27-33(49)23-25-41(36,2)44(35,47)38(50)29-42(34,43)3/h19-23,25,27,34-35,37-38,50H,5-18,24,26,28-30H2,1-4H3/t34?,35-,37-,38-,41-,42-,43-,44-/m0/s1. The predicted molar refractivity (Wildman–Crippen MR) is 209 cm³/mol. The van der Waals surface area contributed by atoms with E-state index in [9.17, 15) is 19.5 Å². The van der Waals surface area contributed by atoms with Crippen molar-refractivity contribution in [2.45, 2.75) is 160 Å². The van der Waals surface area contributed by atoms with Crippen molar-refractivity contribution in [3.05, 3.63) is 53.1 Å². The Balaban J connectivity index is 1.24. The van der Waals surface area contributed by atoms with Crippen LogP contribution in [0.1, 0.15) is 136 Å². The van der Waals surface area contributed by atoms with Gasteiger partial charge in [-0.15, -0.1) is 0 Å². The zero-order valence-corrected chi connectivity index (χ0v) is 33.6. The summed E-state index contributed by atoms with van der Waals surface area (Å²) in [6.07, 6.45) is 16.4. The molecule has 0 spiro atoms. The second-order valence-corrected chi connectivity index (χ2v) is 17.3. The number of aliphatic hydroxyl groups is 1. The molecule has 5 rings (SSSR count). The van der Waals surface area contributed by atoms with Crippen molar-refractivity contribution in [2.75, 3.05) is 18.7 Å². The summed E-state index contributed by atoms with van der Waals surface area (Å²) in [4.78, 5) is 46.3. The van der Waals surface area contributed by atoms with Crippen LogP contribution in [0.25, 0.3) is 0 Å². The Morgan fingerprint density at radius 3 is 2.15 bits per heavy atom. The Kier molecular flexibility index (Phi) is 14.3. The smallest absolute Gasteiger partial charge is 0.306 e. The van der Waals surface area contributed by atoms with Gasteiger partial charge in [0.2, 0.25) is 5.78 Å². The summed E-state index contributed by atoms with van der Waals surface area (Å²) in [7, 11) is 1.66. The van der Waals surface area contributed by atoms with E-state index in [1.165, 1.54) is 81.1 Å². The summed E-state index contributed by atoms with van der Waals surface area (Å²) < 4.78 is 39.4. The normalized spacial score (nSPS) is 32.7. The van der Waals surface area contributed by atoms with Gasteiger partial charge in [-0.2, -0.15) is 0 Å². The van der Waals surface area contributed by atoms with E-state index in [1.807, 2.05) is 6.92 Å². The second-order valence-electron chi connectivity index (χ2n) is 16.9. The van der Waals surface area contributed by atoms with Crippen molar-refractivity contribution < 1.29 is 37.8 Å². The number of nitrogens with zero attached hydrogens (tertiary/aromatic N) is 1. The minimum Gasteiger partial charge on any atom is -0.458 e. The molecule has 1 unspecified atom stereocenters. The molecule has 3 saturated carbocycles. The zero-order chi connectivity index (χ0) is 39.1. The molecule has 3 fully saturated rings. The topological polar surface area (TPSA) is 93.1 Å². The van der Waals surface area contributed by atoms with Crippen molar-refractivity contribution in [2.24, 2.45) is 22.7 Å². The zero-order valence-electron chi connectivity index (χ0n) is 32.9. The van der Waals surface area contributed by atoms with Gasteiger partial charge in [-0.25, -0.2) is 8.78 Å². The fraction of sp³-hybridized carbons (Fsp3) is 0.705. The molecule has 0 aliphatic heterocycles. The highest BCUT2D eigenvalue weighted by atomic mass is 35.5. The monoisotopic (exact) mass is 773 g/mol. The molecule has 0 amide bonds. The number of aliphatic hydroxyl groups excluding tert-OH is 1. The molecule has 4 aliphatic carbocycles. The molecule has 7 nitrogen and oxygen atoms in total. The molecule has 0 aromatic heterocycles. The van der Waals surface area contributed by atoms with Crippen molar-refractivity contribution >= 4 is 34.8 Å². The first-order valence-corrected chi connectivity index (χ1v) is 20.9. The molecule has 10 heteroatoms. The van der Waals surface area contributed by atoms with E-state index in [4.69, 9.17) is 21.2 Å². The highest BCUT2D eigenvalue weighted by Gasteiger charge is 2.76. The first-order chi connectivity index (χ1) is 25.7. The molecule has 0 radical (unpaired) electrons. The number of ether oxygens (including phenoxy) is 1. The number of benzene rings is 1. The van der Waals surface area contributed by atoms with Gasteiger partial charge in [-0.3, -0.25) is 24.3 Å². The molecule has 0 heterocycles. The van der Waals surface area contributed by atoms with E-state index >= 15 is 8.78 Å². The molecular weight excluding hydrogens is 712 g/mol. The number of hydrogen-bond donors (Lipinski definition) is 1. The van der Waals surface area contributed by atoms with Crippen LogP contribution in [0.2, 0.25) is 5.02 Å². The SMILES string of the molecule is CCCCCCCCCCCCCCCC(=O)OCC(=O)[C@@]1(ON(C)c2ccc(Cl)cc2)CCC2[C@@H]3C[C@H](F)C4=CC(=O)C=C[C@]4(C)[C@@]3(F)[C@@H](O)C[C@@]21C. The molecule has 54 heavy (non-hydrogen) atoms. The summed E-state index contributed by atoms with van der Waals surface area (Å²) >= 11 is 6.14. The number of esters is 1. The van der Waals surface area contributed by atoms with Crippen LogP contribution in [-0.2, 0) is 24.0 Å². The Morgan fingerprint density at radius 1 is 0.944 bits per heavy atom. The predicted octanol–water partition coefficient (Wildman–Crippen LogP) is 10.4. The van der Waals surface area contributed by atoms with Gasteiger partial charge < -0.3 is 9.84 Å². The lowest BCUT2D eigenvalue weighted by molar-refractivity contribution is -0.231. The summed E-state index contributed by atoms with van der Waals surface area (Å²) in [6, 6.07) is 6.88. The van der Waals surface area contributed by atoms with E-state index in [0.717, 1.165) is 19.3 Å². The lowest BCUT2D eigenvalue weighted by Gasteiger charge is -2.63. The number of anilines is 1.